The zero-order valence-corrected chi connectivity index (χ0v) is 19.2. The molecule has 140 valence electrons. The highest BCUT2D eigenvalue weighted by Crippen LogP contribution is 2.29. The van der Waals surface area contributed by atoms with Gasteiger partial charge in [-0.2, -0.15) is 0 Å². The van der Waals surface area contributed by atoms with Gasteiger partial charge in [0.1, 0.15) is 11.5 Å². The van der Waals surface area contributed by atoms with Crippen molar-refractivity contribution in [3.05, 3.63) is 54.7 Å². The first-order valence-corrected chi connectivity index (χ1v) is 10.4. The fourth-order valence-corrected chi connectivity index (χ4v) is 4.55. The van der Waals surface area contributed by atoms with Crippen molar-refractivity contribution in [2.45, 2.75) is 0 Å². The maximum absolute atomic E-state index is 5.37. The number of nitrogens with one attached hydrogen (secondary N) is 1. The van der Waals surface area contributed by atoms with Crippen LogP contribution < -0.4 is 14.8 Å². The Morgan fingerprint density at radius 3 is 1.88 bits per heavy atom. The van der Waals surface area contributed by atoms with E-state index >= 15 is 0 Å². The van der Waals surface area contributed by atoms with Crippen LogP contribution in [0, 0.1) is 7.14 Å². The molecule has 0 radical (unpaired) electrons. The van der Waals surface area contributed by atoms with E-state index in [0.717, 1.165) is 56.1 Å². The third-order valence-electron chi connectivity index (χ3n) is 3.66. The largest absolute Gasteiger partial charge is 0.497 e. The van der Waals surface area contributed by atoms with E-state index in [1.165, 1.54) is 0 Å². The molecule has 1 heterocycles. The second-order valence-corrected chi connectivity index (χ2v) is 7.81. The molecule has 1 fully saturated rings. The van der Waals surface area contributed by atoms with Crippen molar-refractivity contribution in [2.75, 3.05) is 40.5 Å². The van der Waals surface area contributed by atoms with E-state index in [1.807, 2.05) is 24.3 Å². The molecule has 0 aromatic heterocycles. The van der Waals surface area contributed by atoms with Gasteiger partial charge in [0.05, 0.1) is 34.6 Å². The van der Waals surface area contributed by atoms with Crippen LogP contribution >= 0.6 is 45.2 Å². The molecule has 26 heavy (non-hydrogen) atoms. The fourth-order valence-electron chi connectivity index (χ4n) is 2.29. The van der Waals surface area contributed by atoms with E-state index in [0.29, 0.717) is 0 Å². The predicted molar refractivity (Wildman–Crippen MR) is 124 cm³/mol. The minimum Gasteiger partial charge on any atom is -0.497 e. The maximum Gasteiger partial charge on any atom is 0.145 e. The lowest BCUT2D eigenvalue weighted by Crippen LogP contribution is -2.30. The molecule has 1 N–H and O–H groups in total. The molecule has 6 heteroatoms. The number of hydrogen-bond acceptors (Lipinski definition) is 4. The molecule has 0 spiro atoms. The zero-order chi connectivity index (χ0) is 18.8. The first kappa shape index (κ1) is 21.5. The van der Waals surface area contributed by atoms with Crippen molar-refractivity contribution in [3.63, 3.8) is 0 Å². The average molecular weight is 579 g/mol. The summed E-state index contributed by atoms with van der Waals surface area (Å²) in [5.74, 6) is 1.81. The molecule has 0 amide bonds. The van der Waals surface area contributed by atoms with E-state index < -0.39 is 0 Å². The van der Waals surface area contributed by atoms with Gasteiger partial charge in [0, 0.05) is 13.1 Å². The molecule has 0 saturated carbocycles. The molecule has 1 aliphatic heterocycles. The molecule has 1 saturated heterocycles. The Morgan fingerprint density at radius 1 is 0.885 bits per heavy atom. The van der Waals surface area contributed by atoms with Crippen molar-refractivity contribution in [3.8, 4) is 11.5 Å². The van der Waals surface area contributed by atoms with Gasteiger partial charge in [0.15, 0.2) is 0 Å². The minimum absolute atomic E-state index is 0.871. The van der Waals surface area contributed by atoms with E-state index in [-0.39, 0.29) is 0 Å². The summed E-state index contributed by atoms with van der Waals surface area (Å²) in [6.07, 6.45) is 4.19. The highest BCUT2D eigenvalue weighted by Gasteiger charge is 2.06. The van der Waals surface area contributed by atoms with Crippen LogP contribution in [0.2, 0.25) is 0 Å². The summed E-state index contributed by atoms with van der Waals surface area (Å²) in [6, 6.07) is 12.2. The van der Waals surface area contributed by atoms with E-state index in [4.69, 9.17) is 14.2 Å². The van der Waals surface area contributed by atoms with Gasteiger partial charge in [0.2, 0.25) is 0 Å². The standard InChI is InChI=1S/C16H14I2O2.C4H9NO/c1-19-13-7-5-11(6-8-13)3-4-12-9-14(17)16(20-2)15(18)10-12;1-3-6-4-2-5-1/h3-10H,1-2H3;5H,1-4H2/b4-3-;. The summed E-state index contributed by atoms with van der Waals surface area (Å²) >= 11 is 4.59. The number of methoxy groups -OCH3 is 2. The summed E-state index contributed by atoms with van der Waals surface area (Å²) in [4.78, 5) is 0. The van der Waals surface area contributed by atoms with Crippen molar-refractivity contribution in [2.24, 2.45) is 0 Å². The average Bonchev–Trinajstić information content (AvgIpc) is 2.68. The molecule has 3 rings (SSSR count). The first-order valence-electron chi connectivity index (χ1n) is 8.27. The Balaban J connectivity index is 0.000000342. The van der Waals surface area contributed by atoms with Gasteiger partial charge >= 0.3 is 0 Å². The van der Waals surface area contributed by atoms with Crippen LogP contribution in [0.15, 0.2) is 36.4 Å². The Hall–Kier alpha value is -0.840. The lowest BCUT2D eigenvalue weighted by atomic mass is 10.1. The summed E-state index contributed by atoms with van der Waals surface area (Å²) in [6.45, 7) is 3.83. The Kier molecular flexibility index (Phi) is 9.73. The molecular formula is C20H23I2NO3. The molecule has 0 bridgehead atoms. The van der Waals surface area contributed by atoms with Crippen LogP contribution in [-0.4, -0.2) is 40.5 Å². The topological polar surface area (TPSA) is 39.7 Å². The smallest absolute Gasteiger partial charge is 0.145 e. The molecule has 0 unspecified atom stereocenters. The van der Waals surface area contributed by atoms with Gasteiger partial charge in [0.25, 0.3) is 0 Å². The maximum atomic E-state index is 5.37. The molecule has 0 aliphatic carbocycles. The third kappa shape index (κ3) is 7.05. The molecular weight excluding hydrogens is 556 g/mol. The molecule has 0 atom stereocenters. The molecule has 2 aromatic carbocycles. The molecule has 2 aromatic rings. The normalized spacial score (nSPS) is 13.8. The summed E-state index contributed by atoms with van der Waals surface area (Å²) < 4.78 is 17.8. The van der Waals surface area contributed by atoms with E-state index in [1.54, 1.807) is 14.2 Å². The molecule has 4 nitrogen and oxygen atoms in total. The predicted octanol–water partition coefficient (Wildman–Crippen LogP) is 4.69. The second-order valence-electron chi connectivity index (χ2n) is 5.49. The van der Waals surface area contributed by atoms with Gasteiger partial charge in [-0.3, -0.25) is 0 Å². The lowest BCUT2D eigenvalue weighted by Gasteiger charge is -2.10. The highest BCUT2D eigenvalue weighted by atomic mass is 127. The summed E-state index contributed by atoms with van der Waals surface area (Å²) in [7, 11) is 3.37. The van der Waals surface area contributed by atoms with Gasteiger partial charge in [-0.25, -0.2) is 0 Å². The van der Waals surface area contributed by atoms with Crippen LogP contribution in [0.4, 0.5) is 0 Å². The van der Waals surface area contributed by atoms with Crippen LogP contribution in [-0.2, 0) is 4.74 Å². The van der Waals surface area contributed by atoms with Crippen LogP contribution in [0.1, 0.15) is 11.1 Å². The van der Waals surface area contributed by atoms with Gasteiger partial charge in [-0.1, -0.05) is 24.3 Å². The minimum atomic E-state index is 0.871. The Bertz CT molecular complexity index is 679. The number of hydrogen-bond donors (Lipinski definition) is 1. The zero-order valence-electron chi connectivity index (χ0n) is 14.9. The Labute approximate surface area is 182 Å². The van der Waals surface area contributed by atoms with Crippen LogP contribution in [0.3, 0.4) is 0 Å². The van der Waals surface area contributed by atoms with Crippen LogP contribution in [0.25, 0.3) is 12.2 Å². The third-order valence-corrected chi connectivity index (χ3v) is 5.26. The SMILES string of the molecule is C1COCCN1.COc1ccc(/C=C\c2cc(I)c(OC)c(I)c2)cc1. The highest BCUT2D eigenvalue weighted by molar-refractivity contribution is 14.1. The van der Waals surface area contributed by atoms with Crippen molar-refractivity contribution < 1.29 is 14.2 Å². The van der Waals surface area contributed by atoms with Crippen molar-refractivity contribution >= 4 is 57.3 Å². The monoisotopic (exact) mass is 579 g/mol. The Morgan fingerprint density at radius 2 is 1.46 bits per heavy atom. The molecule has 1 aliphatic rings. The van der Waals surface area contributed by atoms with Crippen LogP contribution in [0.5, 0.6) is 11.5 Å². The van der Waals surface area contributed by atoms with Gasteiger partial charge < -0.3 is 19.5 Å². The number of morpholine rings is 1. The van der Waals surface area contributed by atoms with Gasteiger partial charge in [-0.15, -0.1) is 0 Å². The van der Waals surface area contributed by atoms with E-state index in [9.17, 15) is 0 Å². The number of ether oxygens (including phenoxy) is 3. The number of halogens is 2. The quantitative estimate of drug-likeness (QED) is 0.422. The lowest BCUT2D eigenvalue weighted by molar-refractivity contribution is 0.109. The first-order chi connectivity index (χ1) is 12.6. The summed E-state index contributed by atoms with van der Waals surface area (Å²) in [5, 5.41) is 3.16. The second kappa shape index (κ2) is 11.8. The van der Waals surface area contributed by atoms with Gasteiger partial charge in [-0.05, 0) is 80.6 Å². The van der Waals surface area contributed by atoms with Crippen molar-refractivity contribution in [1.82, 2.24) is 5.32 Å². The summed E-state index contributed by atoms with van der Waals surface area (Å²) in [5.41, 5.74) is 2.31. The number of rotatable bonds is 4. The number of benzene rings is 2. The fraction of sp³-hybridized carbons (Fsp3) is 0.300. The van der Waals surface area contributed by atoms with Crippen molar-refractivity contribution in [1.29, 1.82) is 0 Å². The van der Waals surface area contributed by atoms with E-state index in [2.05, 4.69) is 74.8 Å².